The summed E-state index contributed by atoms with van der Waals surface area (Å²) in [5, 5.41) is 10.0. The van der Waals surface area contributed by atoms with E-state index in [0.717, 1.165) is 44.5 Å². The molecule has 116 valence electrons. The maximum atomic E-state index is 5.74. The van der Waals surface area contributed by atoms with Crippen molar-refractivity contribution in [2.75, 3.05) is 44.3 Å². The molecule has 0 aliphatic carbocycles. The first-order valence-corrected chi connectivity index (χ1v) is 8.12. The average Bonchev–Trinajstić information content (AvgIpc) is 2.94. The standard InChI is InChI=1S/C13H21N5O2S/c1-10-7-18(8-11(2)20-10)13-16-15-12(21-13)14-9-17-3-5-19-6-4-17/h9-11H,3-8H2,1-2H3. The zero-order valence-electron chi connectivity index (χ0n) is 12.4. The van der Waals surface area contributed by atoms with Gasteiger partial charge in [0, 0.05) is 26.2 Å². The zero-order valence-corrected chi connectivity index (χ0v) is 13.3. The van der Waals surface area contributed by atoms with Gasteiger partial charge in [-0.3, -0.25) is 0 Å². The minimum absolute atomic E-state index is 0.220. The fourth-order valence-electron chi connectivity index (χ4n) is 2.55. The average molecular weight is 311 g/mol. The van der Waals surface area contributed by atoms with Crippen LogP contribution in [0.5, 0.6) is 0 Å². The molecule has 3 rings (SSSR count). The normalized spacial score (nSPS) is 27.5. The molecular formula is C13H21N5O2S. The monoisotopic (exact) mass is 311 g/mol. The molecule has 8 heteroatoms. The van der Waals surface area contributed by atoms with Gasteiger partial charge in [0.2, 0.25) is 10.3 Å². The number of aromatic nitrogens is 2. The molecule has 2 fully saturated rings. The second kappa shape index (κ2) is 6.67. The predicted molar refractivity (Wildman–Crippen MR) is 82.7 cm³/mol. The van der Waals surface area contributed by atoms with E-state index in [4.69, 9.17) is 9.47 Å². The highest BCUT2D eigenvalue weighted by molar-refractivity contribution is 7.18. The van der Waals surface area contributed by atoms with Crippen LogP contribution in [-0.4, -0.2) is 73.0 Å². The Kier molecular flexibility index (Phi) is 4.67. The zero-order chi connectivity index (χ0) is 14.7. The molecule has 2 saturated heterocycles. The van der Waals surface area contributed by atoms with E-state index in [1.165, 1.54) is 11.3 Å². The Balaban J connectivity index is 1.61. The number of anilines is 1. The summed E-state index contributed by atoms with van der Waals surface area (Å²) in [6.07, 6.45) is 2.29. The Labute approximate surface area is 128 Å². The lowest BCUT2D eigenvalue weighted by Gasteiger charge is -2.34. The van der Waals surface area contributed by atoms with Crippen LogP contribution in [0.15, 0.2) is 4.99 Å². The Morgan fingerprint density at radius 3 is 2.62 bits per heavy atom. The van der Waals surface area contributed by atoms with Crippen molar-refractivity contribution in [2.45, 2.75) is 26.1 Å². The van der Waals surface area contributed by atoms with E-state index in [9.17, 15) is 0 Å². The third-order valence-corrected chi connectivity index (χ3v) is 4.36. The summed E-state index contributed by atoms with van der Waals surface area (Å²) in [7, 11) is 0. The number of nitrogens with zero attached hydrogens (tertiary/aromatic N) is 5. The van der Waals surface area contributed by atoms with Gasteiger partial charge in [-0.15, -0.1) is 10.2 Å². The highest BCUT2D eigenvalue weighted by Crippen LogP contribution is 2.28. The first-order chi connectivity index (χ1) is 10.2. The van der Waals surface area contributed by atoms with E-state index < -0.39 is 0 Å². The highest BCUT2D eigenvalue weighted by Gasteiger charge is 2.24. The predicted octanol–water partition coefficient (Wildman–Crippen LogP) is 1.14. The molecule has 0 aromatic carbocycles. The third-order valence-electron chi connectivity index (χ3n) is 3.47. The van der Waals surface area contributed by atoms with E-state index in [1.54, 1.807) is 0 Å². The first kappa shape index (κ1) is 14.7. The Hall–Kier alpha value is -1.25. The van der Waals surface area contributed by atoms with Crippen LogP contribution >= 0.6 is 11.3 Å². The third kappa shape index (κ3) is 3.90. The van der Waals surface area contributed by atoms with E-state index in [1.807, 2.05) is 6.34 Å². The van der Waals surface area contributed by atoms with Crippen LogP contribution in [0.1, 0.15) is 13.8 Å². The summed E-state index contributed by atoms with van der Waals surface area (Å²) in [6, 6.07) is 0. The van der Waals surface area contributed by atoms with Gasteiger partial charge in [-0.2, -0.15) is 0 Å². The van der Waals surface area contributed by atoms with E-state index in [-0.39, 0.29) is 12.2 Å². The topological polar surface area (TPSA) is 63.1 Å². The molecule has 1 aromatic heterocycles. The van der Waals surface area contributed by atoms with E-state index in [2.05, 4.69) is 38.8 Å². The number of ether oxygens (including phenoxy) is 2. The van der Waals surface area contributed by atoms with Crippen LogP contribution in [-0.2, 0) is 9.47 Å². The first-order valence-electron chi connectivity index (χ1n) is 7.30. The second-order valence-corrected chi connectivity index (χ2v) is 6.36. The largest absolute Gasteiger partial charge is 0.378 e. The number of aliphatic imine (C=N–C) groups is 1. The van der Waals surface area contributed by atoms with Gasteiger partial charge in [-0.05, 0) is 13.8 Å². The van der Waals surface area contributed by atoms with Gasteiger partial charge in [0.05, 0.1) is 31.8 Å². The Bertz CT molecular complexity index is 479. The van der Waals surface area contributed by atoms with Crippen molar-refractivity contribution in [1.29, 1.82) is 0 Å². The maximum Gasteiger partial charge on any atom is 0.234 e. The molecule has 2 atom stereocenters. The Morgan fingerprint density at radius 1 is 1.19 bits per heavy atom. The van der Waals surface area contributed by atoms with E-state index >= 15 is 0 Å². The summed E-state index contributed by atoms with van der Waals surface area (Å²) in [6.45, 7) is 9.16. The van der Waals surface area contributed by atoms with Crippen molar-refractivity contribution in [3.05, 3.63) is 0 Å². The lowest BCUT2D eigenvalue weighted by molar-refractivity contribution is -0.00525. The van der Waals surface area contributed by atoms with Crippen molar-refractivity contribution >= 4 is 27.9 Å². The summed E-state index contributed by atoms with van der Waals surface area (Å²) >= 11 is 1.52. The number of hydrogen-bond acceptors (Lipinski definition) is 7. The molecule has 0 saturated carbocycles. The van der Waals surface area contributed by atoms with Crippen molar-refractivity contribution in [3.63, 3.8) is 0 Å². The van der Waals surface area contributed by atoms with Gasteiger partial charge in [0.1, 0.15) is 0 Å². The van der Waals surface area contributed by atoms with Gasteiger partial charge in [-0.1, -0.05) is 11.3 Å². The van der Waals surface area contributed by atoms with Crippen LogP contribution in [0.4, 0.5) is 10.3 Å². The molecule has 0 spiro atoms. The van der Waals surface area contributed by atoms with Crippen LogP contribution in [0.2, 0.25) is 0 Å². The van der Waals surface area contributed by atoms with Gasteiger partial charge < -0.3 is 19.3 Å². The molecule has 7 nitrogen and oxygen atoms in total. The Morgan fingerprint density at radius 2 is 1.90 bits per heavy atom. The number of hydrogen-bond donors (Lipinski definition) is 0. The molecule has 0 amide bonds. The molecule has 0 radical (unpaired) electrons. The fourth-order valence-corrected chi connectivity index (χ4v) is 3.25. The second-order valence-electron chi connectivity index (χ2n) is 5.42. The van der Waals surface area contributed by atoms with Crippen LogP contribution in [0.3, 0.4) is 0 Å². The molecule has 0 N–H and O–H groups in total. The number of morpholine rings is 2. The van der Waals surface area contributed by atoms with Crippen molar-refractivity contribution in [2.24, 2.45) is 4.99 Å². The number of rotatable bonds is 3. The van der Waals surface area contributed by atoms with Crippen LogP contribution in [0, 0.1) is 0 Å². The molecular weight excluding hydrogens is 290 g/mol. The summed E-state index contributed by atoms with van der Waals surface area (Å²) in [4.78, 5) is 8.78. The van der Waals surface area contributed by atoms with Crippen molar-refractivity contribution in [1.82, 2.24) is 15.1 Å². The van der Waals surface area contributed by atoms with E-state index in [0.29, 0.717) is 5.13 Å². The molecule has 2 aliphatic rings. The molecule has 2 aliphatic heterocycles. The van der Waals surface area contributed by atoms with Crippen LogP contribution in [0.25, 0.3) is 0 Å². The lowest BCUT2D eigenvalue weighted by atomic mass is 10.2. The highest BCUT2D eigenvalue weighted by atomic mass is 32.1. The summed E-state index contributed by atoms with van der Waals surface area (Å²) in [5.41, 5.74) is 0. The van der Waals surface area contributed by atoms with Gasteiger partial charge >= 0.3 is 0 Å². The molecule has 3 heterocycles. The summed E-state index contributed by atoms with van der Waals surface area (Å²) < 4.78 is 11.0. The van der Waals surface area contributed by atoms with Crippen molar-refractivity contribution < 1.29 is 9.47 Å². The SMILES string of the molecule is CC1CN(c2nnc(N=CN3CCOCC3)s2)CC(C)O1. The quantitative estimate of drug-likeness (QED) is 0.616. The molecule has 0 bridgehead atoms. The van der Waals surface area contributed by atoms with Gasteiger partial charge in [0.25, 0.3) is 0 Å². The smallest absolute Gasteiger partial charge is 0.234 e. The maximum absolute atomic E-state index is 5.74. The lowest BCUT2D eigenvalue weighted by Crippen LogP contribution is -2.45. The fraction of sp³-hybridized carbons (Fsp3) is 0.769. The molecule has 21 heavy (non-hydrogen) atoms. The van der Waals surface area contributed by atoms with Crippen molar-refractivity contribution in [3.8, 4) is 0 Å². The van der Waals surface area contributed by atoms with Crippen LogP contribution < -0.4 is 4.90 Å². The molecule has 2 unspecified atom stereocenters. The van der Waals surface area contributed by atoms with Gasteiger partial charge in [0.15, 0.2) is 0 Å². The minimum atomic E-state index is 0.220. The van der Waals surface area contributed by atoms with Gasteiger partial charge in [-0.25, -0.2) is 4.99 Å². The molecule has 1 aromatic rings. The minimum Gasteiger partial charge on any atom is -0.378 e. The summed E-state index contributed by atoms with van der Waals surface area (Å²) in [5.74, 6) is 0.